The predicted octanol–water partition coefficient (Wildman–Crippen LogP) is 5.09. The van der Waals surface area contributed by atoms with Gasteiger partial charge in [-0.1, -0.05) is 12.1 Å². The van der Waals surface area contributed by atoms with Crippen LogP contribution in [-0.2, 0) is 25.6 Å². The van der Waals surface area contributed by atoms with Crippen LogP contribution in [0.2, 0.25) is 0 Å². The van der Waals surface area contributed by atoms with Crippen LogP contribution in [0.1, 0.15) is 54.7 Å². The van der Waals surface area contributed by atoms with E-state index in [1.165, 1.54) is 52.9 Å². The van der Waals surface area contributed by atoms with E-state index >= 15 is 0 Å². The lowest BCUT2D eigenvalue weighted by Crippen LogP contribution is -2.32. The van der Waals surface area contributed by atoms with Crippen LogP contribution in [0.25, 0.3) is 34.2 Å². The molecule has 23 nitrogen and oxygen atoms in total. The topological polar surface area (TPSA) is 310 Å². The molecule has 73 heavy (non-hydrogen) atoms. The Kier molecular flexibility index (Phi) is 18.4. The maximum absolute atomic E-state index is 13.4. The van der Waals surface area contributed by atoms with Gasteiger partial charge in [-0.2, -0.15) is 0 Å². The van der Waals surface area contributed by atoms with Gasteiger partial charge >= 0.3 is 0 Å². The smallest absolute Gasteiger partial charge is 0.214 e. The Morgan fingerprint density at radius 2 is 0.973 bits per heavy atom. The fourth-order valence-electron chi connectivity index (χ4n) is 6.79. The molecular weight excluding hydrogens is 1050 g/mol. The maximum atomic E-state index is 13.4. The normalized spacial score (nSPS) is 13.0. The van der Waals surface area contributed by atoms with Gasteiger partial charge in [0.05, 0.1) is 33.7 Å². The minimum atomic E-state index is -3.96. The van der Waals surface area contributed by atoms with Crippen molar-refractivity contribution in [3.8, 4) is 57.1 Å². The van der Waals surface area contributed by atoms with Crippen LogP contribution in [0.5, 0.6) is 23.0 Å². The van der Waals surface area contributed by atoms with Crippen LogP contribution >= 0.6 is 15.9 Å². The third kappa shape index (κ3) is 13.0. The summed E-state index contributed by atoms with van der Waals surface area (Å²) in [5.74, 6) is 2.84. The van der Waals surface area contributed by atoms with E-state index in [1.807, 2.05) is 34.9 Å². The number of aliphatic hydroxyl groups excluding tert-OH is 2. The summed E-state index contributed by atoms with van der Waals surface area (Å²) < 4.78 is 74.9. The first kappa shape index (κ1) is 55.0. The van der Waals surface area contributed by atoms with E-state index < -0.39 is 48.3 Å². The second kappa shape index (κ2) is 24.4. The molecule has 0 spiro atoms. The number of hydrogen-bond donors (Lipinski definition) is 3. The van der Waals surface area contributed by atoms with E-state index in [9.17, 15) is 27.0 Å². The zero-order chi connectivity index (χ0) is 53.0. The van der Waals surface area contributed by atoms with Gasteiger partial charge in [-0.15, -0.1) is 20.4 Å². The highest BCUT2D eigenvalue weighted by Gasteiger charge is 2.34. The zero-order valence-corrected chi connectivity index (χ0v) is 43.9. The number of benzene rings is 2. The van der Waals surface area contributed by atoms with Gasteiger partial charge in [0.15, 0.2) is 39.0 Å². The second-order valence-electron chi connectivity index (χ2n) is 15.8. The van der Waals surface area contributed by atoms with Crippen molar-refractivity contribution in [3.63, 3.8) is 0 Å². The lowest BCUT2D eigenvalue weighted by molar-refractivity contribution is 0.165. The number of sulfonamides is 1. The molecule has 0 unspecified atom stereocenters. The third-order valence-electron chi connectivity index (χ3n) is 10.9. The average molecular weight is 1100 g/mol. The molecule has 0 bridgehead atoms. The molecule has 0 fully saturated rings. The molecule has 0 amide bonds. The van der Waals surface area contributed by atoms with E-state index in [0.717, 1.165) is 22.4 Å². The number of sulfone groups is 1. The Morgan fingerprint density at radius 1 is 0.575 bits per heavy atom. The van der Waals surface area contributed by atoms with Gasteiger partial charge in [0.25, 0.3) is 0 Å². The molecule has 0 aliphatic carbocycles. The molecule has 6 aromatic heterocycles. The molecule has 6 heterocycles. The summed E-state index contributed by atoms with van der Waals surface area (Å²) in [6, 6.07) is 18.1. The fourth-order valence-corrected chi connectivity index (χ4v) is 9.02. The van der Waals surface area contributed by atoms with Gasteiger partial charge in [0.2, 0.25) is 14.8 Å². The van der Waals surface area contributed by atoms with Gasteiger partial charge in [0.1, 0.15) is 57.6 Å². The number of halogens is 1. The third-order valence-corrected chi connectivity index (χ3v) is 14.7. The number of aliphatic hydroxyl groups is 2. The van der Waals surface area contributed by atoms with Crippen molar-refractivity contribution in [3.05, 3.63) is 144 Å². The number of methoxy groups -OCH3 is 4. The molecule has 4 N–H and O–H groups in total. The van der Waals surface area contributed by atoms with Gasteiger partial charge in [-0.3, -0.25) is 19.1 Å². The van der Waals surface area contributed by atoms with E-state index in [0.29, 0.717) is 50.6 Å². The van der Waals surface area contributed by atoms with Crippen LogP contribution in [0, 0.1) is 13.8 Å². The van der Waals surface area contributed by atoms with Crippen molar-refractivity contribution in [1.29, 1.82) is 0 Å². The van der Waals surface area contributed by atoms with Crippen LogP contribution in [0.3, 0.4) is 0 Å². The molecule has 8 aromatic rings. The summed E-state index contributed by atoms with van der Waals surface area (Å²) >= 11 is 3.44. The minimum Gasteiger partial charge on any atom is -0.494 e. The molecular formula is C47H52BrN13O10S2. The summed E-state index contributed by atoms with van der Waals surface area (Å²) in [4.78, 5) is 24.1. The number of nitrogens with two attached hydrogens (primary N) is 1. The summed E-state index contributed by atoms with van der Waals surface area (Å²) in [7, 11) is -1.52. The van der Waals surface area contributed by atoms with Crippen molar-refractivity contribution >= 4 is 35.8 Å². The number of ether oxygens (including phenoxy) is 4. The molecule has 0 aliphatic heterocycles. The van der Waals surface area contributed by atoms with Gasteiger partial charge in [0, 0.05) is 60.7 Å². The van der Waals surface area contributed by atoms with E-state index in [4.69, 9.17) is 24.1 Å². The van der Waals surface area contributed by atoms with E-state index in [2.05, 4.69) is 66.2 Å². The lowest BCUT2D eigenvalue weighted by atomic mass is 10.2. The lowest BCUT2D eigenvalue weighted by Gasteiger charge is -2.20. The van der Waals surface area contributed by atoms with Crippen molar-refractivity contribution in [1.82, 2.24) is 59.4 Å². The molecule has 384 valence electrons. The predicted molar refractivity (Wildman–Crippen MR) is 271 cm³/mol. The Labute approximate surface area is 429 Å². The largest absolute Gasteiger partial charge is 0.494 e. The van der Waals surface area contributed by atoms with E-state index in [1.54, 1.807) is 87.8 Å². The molecule has 0 radical (unpaired) electrons. The number of aromatic nitrogens is 12. The van der Waals surface area contributed by atoms with Gasteiger partial charge in [-0.25, -0.2) is 41.9 Å². The number of rotatable bonds is 16. The first-order valence-electron chi connectivity index (χ1n) is 21.8. The highest BCUT2D eigenvalue weighted by Crippen LogP contribution is 2.39. The Balaban J connectivity index is 0.000000199. The highest BCUT2D eigenvalue weighted by molar-refractivity contribution is 9.10. The molecule has 0 aliphatic rings. The number of para-hydroxylation sites is 2. The summed E-state index contributed by atoms with van der Waals surface area (Å²) in [6.07, 6.45) is 9.98. The summed E-state index contributed by atoms with van der Waals surface area (Å²) in [5, 5.41) is 39.8. The quantitative estimate of drug-likeness (QED) is 0.113. The highest BCUT2D eigenvalue weighted by atomic mass is 79.9. The van der Waals surface area contributed by atoms with Crippen LogP contribution in [0.15, 0.2) is 115 Å². The first-order valence-corrected chi connectivity index (χ1v) is 25.9. The number of pyridine rings is 2. The number of hydrogen-bond acceptors (Lipinski definition) is 20. The number of primary sulfonamides is 1. The van der Waals surface area contributed by atoms with Gasteiger partial charge in [-0.05, 0) is 103 Å². The Hall–Kier alpha value is -7.36. The zero-order valence-electron chi connectivity index (χ0n) is 40.7. The summed E-state index contributed by atoms with van der Waals surface area (Å²) in [5.41, 5.74) is 4.24. The molecule has 2 aromatic carbocycles. The van der Waals surface area contributed by atoms with Crippen molar-refractivity contribution in [2.75, 3.05) is 28.4 Å². The van der Waals surface area contributed by atoms with E-state index in [-0.39, 0.29) is 17.5 Å². The Morgan fingerprint density at radius 3 is 1.37 bits per heavy atom. The maximum Gasteiger partial charge on any atom is 0.214 e. The molecule has 26 heteroatoms. The van der Waals surface area contributed by atoms with Crippen molar-refractivity contribution in [2.45, 2.75) is 56.2 Å². The van der Waals surface area contributed by atoms with Gasteiger partial charge < -0.3 is 29.2 Å². The minimum absolute atomic E-state index is 0.0283. The Bertz CT molecular complexity index is 3280. The van der Waals surface area contributed by atoms with Crippen molar-refractivity contribution < 1.29 is 46.0 Å². The monoisotopic (exact) mass is 1100 g/mol. The molecule has 0 saturated heterocycles. The number of nitrogens with zero attached hydrogens (tertiary/aromatic N) is 12. The number of aryl methyl sites for hydroxylation is 2. The SMILES string of the molecule is COc1cccc(OC)c1-n1c(Br)nnc1-c1cccnc1.COc1cccc(OC)c1-n1c(CS(=O)(=O)[C@@H](C)[C@H](O)c2ncc(C)cn2)nnc1-c1cccnc1.Cc1cnc([C@@H](O)[C@H](C)S(N)(=O)=O)nc1. The van der Waals surface area contributed by atoms with Crippen LogP contribution in [-0.4, -0.2) is 125 Å². The first-order chi connectivity index (χ1) is 34.8. The van der Waals surface area contributed by atoms with Crippen LogP contribution in [0.4, 0.5) is 0 Å². The molecule has 4 atom stereocenters. The van der Waals surface area contributed by atoms with Crippen LogP contribution < -0.4 is 24.1 Å². The fraction of sp³-hybridized carbons (Fsp3) is 0.277. The summed E-state index contributed by atoms with van der Waals surface area (Å²) in [6.45, 7) is 6.31. The molecule has 8 rings (SSSR count). The average Bonchev–Trinajstić information content (AvgIpc) is 4.00. The standard InChI is InChI=1S/C24H26N6O5S.C15H13BrN4O2.C8H13N3O3S/c1-15-11-26-23(27-12-15)22(31)16(2)36(32,33)14-20-28-29-24(17-7-6-10-25-13-17)30(20)21-18(34-3)8-5-9-19(21)35-4;1-21-11-6-3-7-12(22-2)13(11)20-14(18-19-15(20)16)10-5-4-8-17-9-10;1-5-3-10-8(11-4-5)7(12)6(2)15(9,13)14/h5-13,16,22,31H,14H2,1-4H3;3-9H,1-2H3;3-4,6-7,12H,1-2H3,(H2,9,13,14)/t16-,22-;;6-,7-/m0.0/s1. The second-order valence-corrected chi connectivity index (χ2v) is 20.8. The van der Waals surface area contributed by atoms with Crippen molar-refractivity contribution in [2.24, 2.45) is 5.14 Å². The molecule has 0 saturated carbocycles.